The summed E-state index contributed by atoms with van der Waals surface area (Å²) >= 11 is 0. The molecule has 1 aromatic carbocycles. The molecule has 0 amide bonds. The quantitative estimate of drug-likeness (QED) is 0.895. The van der Waals surface area contributed by atoms with Gasteiger partial charge < -0.3 is 10.1 Å². The summed E-state index contributed by atoms with van der Waals surface area (Å²) in [6, 6.07) is 10.3. The lowest BCUT2D eigenvalue weighted by Gasteiger charge is -2.40. The van der Waals surface area contributed by atoms with E-state index in [1.54, 1.807) is 0 Å². The predicted molar refractivity (Wildman–Crippen MR) is 77.1 cm³/mol. The number of benzene rings is 1. The van der Waals surface area contributed by atoms with Crippen molar-refractivity contribution in [2.24, 2.45) is 0 Å². The zero-order valence-corrected chi connectivity index (χ0v) is 11.8. The van der Waals surface area contributed by atoms with Crippen molar-refractivity contribution >= 4 is 5.69 Å². The van der Waals surface area contributed by atoms with Gasteiger partial charge in [0.1, 0.15) is 0 Å². The third-order valence-corrected chi connectivity index (χ3v) is 4.14. The Bertz CT molecular complexity index is 460. The van der Waals surface area contributed by atoms with Crippen LogP contribution in [0.25, 0.3) is 0 Å². The lowest BCUT2D eigenvalue weighted by molar-refractivity contribution is -0.0864. The molecule has 3 nitrogen and oxygen atoms in total. The topological polar surface area (TPSA) is 45.0 Å². The fraction of sp³-hybridized carbons (Fsp3) is 0.562. The van der Waals surface area contributed by atoms with Crippen LogP contribution in [0.4, 0.5) is 5.69 Å². The maximum atomic E-state index is 8.93. The Kier molecular flexibility index (Phi) is 4.44. The average Bonchev–Trinajstić information content (AvgIpc) is 2.47. The van der Waals surface area contributed by atoms with E-state index in [4.69, 9.17) is 10.00 Å². The van der Waals surface area contributed by atoms with Crippen molar-refractivity contribution in [1.29, 1.82) is 5.26 Å². The minimum atomic E-state index is 0.0305. The molecule has 3 heteroatoms. The van der Waals surface area contributed by atoms with Crippen LogP contribution < -0.4 is 5.32 Å². The molecule has 0 aliphatic carbocycles. The van der Waals surface area contributed by atoms with Crippen LogP contribution in [0.1, 0.15) is 45.1 Å². The molecule has 1 unspecified atom stereocenters. The predicted octanol–water partition coefficient (Wildman–Crippen LogP) is 3.71. The highest BCUT2D eigenvalue weighted by molar-refractivity contribution is 5.49. The third kappa shape index (κ3) is 3.27. The first-order chi connectivity index (χ1) is 9.21. The molecule has 0 spiro atoms. The summed E-state index contributed by atoms with van der Waals surface area (Å²) in [5.41, 5.74) is 1.77. The van der Waals surface area contributed by atoms with Gasteiger partial charge in [-0.05, 0) is 43.9 Å². The largest absolute Gasteiger partial charge is 0.382 e. The standard InChI is InChI=1S/C16H22N2O/c1-3-16(4-2)11-15(8-9-19-16)18-14-7-5-6-13(10-14)12-17/h5-7,10,15,18H,3-4,8-9,11H2,1-2H3. The summed E-state index contributed by atoms with van der Waals surface area (Å²) in [7, 11) is 0. The number of nitriles is 1. The van der Waals surface area contributed by atoms with Crippen LogP contribution in [0.15, 0.2) is 24.3 Å². The number of rotatable bonds is 4. The number of nitrogens with one attached hydrogen (secondary N) is 1. The van der Waals surface area contributed by atoms with E-state index in [9.17, 15) is 0 Å². The van der Waals surface area contributed by atoms with Crippen molar-refractivity contribution < 1.29 is 4.74 Å². The second-order valence-electron chi connectivity index (χ2n) is 5.27. The number of ether oxygens (including phenoxy) is 1. The summed E-state index contributed by atoms with van der Waals surface area (Å²) in [5, 5.41) is 12.5. The van der Waals surface area contributed by atoms with Gasteiger partial charge in [0.05, 0.1) is 17.2 Å². The second-order valence-corrected chi connectivity index (χ2v) is 5.27. The van der Waals surface area contributed by atoms with Crippen LogP contribution >= 0.6 is 0 Å². The first kappa shape index (κ1) is 13.9. The summed E-state index contributed by atoms with van der Waals surface area (Å²) in [4.78, 5) is 0. The van der Waals surface area contributed by atoms with Gasteiger partial charge in [-0.1, -0.05) is 19.9 Å². The molecule has 0 bridgehead atoms. The van der Waals surface area contributed by atoms with Gasteiger partial charge in [0, 0.05) is 18.3 Å². The summed E-state index contributed by atoms with van der Waals surface area (Å²) in [5.74, 6) is 0. The van der Waals surface area contributed by atoms with Crippen LogP contribution in [-0.4, -0.2) is 18.2 Å². The molecule has 1 aromatic rings. The van der Waals surface area contributed by atoms with Gasteiger partial charge in [0.2, 0.25) is 0 Å². The van der Waals surface area contributed by atoms with Crippen molar-refractivity contribution in [2.45, 2.75) is 51.2 Å². The number of hydrogen-bond donors (Lipinski definition) is 1. The molecule has 19 heavy (non-hydrogen) atoms. The van der Waals surface area contributed by atoms with E-state index in [1.807, 2.05) is 24.3 Å². The van der Waals surface area contributed by atoms with Crippen molar-refractivity contribution in [2.75, 3.05) is 11.9 Å². The molecular weight excluding hydrogens is 236 g/mol. The SMILES string of the molecule is CCC1(CC)CC(Nc2cccc(C#N)c2)CCO1. The zero-order valence-electron chi connectivity index (χ0n) is 11.8. The van der Waals surface area contributed by atoms with Gasteiger partial charge in [0.25, 0.3) is 0 Å². The van der Waals surface area contributed by atoms with Crippen LogP contribution in [0.3, 0.4) is 0 Å². The van der Waals surface area contributed by atoms with Gasteiger partial charge in [-0.15, -0.1) is 0 Å². The van der Waals surface area contributed by atoms with Crippen LogP contribution in [0, 0.1) is 11.3 Å². The van der Waals surface area contributed by atoms with Crippen molar-refractivity contribution in [3.05, 3.63) is 29.8 Å². The molecule has 0 saturated carbocycles. The van der Waals surface area contributed by atoms with E-state index in [0.29, 0.717) is 11.6 Å². The Morgan fingerprint density at radius 3 is 2.89 bits per heavy atom. The van der Waals surface area contributed by atoms with Crippen LogP contribution in [0.2, 0.25) is 0 Å². The molecule has 1 aliphatic rings. The normalized spacial score (nSPS) is 21.6. The molecule has 0 aromatic heterocycles. The van der Waals surface area contributed by atoms with E-state index < -0.39 is 0 Å². The van der Waals surface area contributed by atoms with Gasteiger partial charge in [-0.2, -0.15) is 5.26 Å². The minimum Gasteiger partial charge on any atom is -0.382 e. The lowest BCUT2D eigenvalue weighted by atomic mass is 9.86. The van der Waals surface area contributed by atoms with Crippen LogP contribution in [-0.2, 0) is 4.74 Å². The second kappa shape index (κ2) is 6.08. The van der Waals surface area contributed by atoms with E-state index >= 15 is 0 Å². The molecule has 1 atom stereocenters. The average molecular weight is 258 g/mol. The molecule has 102 valence electrons. The fourth-order valence-electron chi connectivity index (χ4n) is 2.81. The number of hydrogen-bond acceptors (Lipinski definition) is 3. The Morgan fingerprint density at radius 1 is 1.42 bits per heavy atom. The molecule has 1 heterocycles. The highest BCUT2D eigenvalue weighted by atomic mass is 16.5. The molecule has 2 rings (SSSR count). The van der Waals surface area contributed by atoms with Gasteiger partial charge in [-0.25, -0.2) is 0 Å². The van der Waals surface area contributed by atoms with E-state index in [-0.39, 0.29) is 5.60 Å². The van der Waals surface area contributed by atoms with Crippen molar-refractivity contribution in [3.8, 4) is 6.07 Å². The minimum absolute atomic E-state index is 0.0305. The molecular formula is C16H22N2O. The molecule has 1 saturated heterocycles. The Labute approximate surface area is 115 Å². The Balaban J connectivity index is 2.04. The first-order valence-corrected chi connectivity index (χ1v) is 7.12. The van der Waals surface area contributed by atoms with Gasteiger partial charge >= 0.3 is 0 Å². The van der Waals surface area contributed by atoms with Crippen molar-refractivity contribution in [3.63, 3.8) is 0 Å². The molecule has 1 N–H and O–H groups in total. The maximum absolute atomic E-state index is 8.93. The number of anilines is 1. The van der Waals surface area contributed by atoms with E-state index in [1.165, 1.54) is 0 Å². The molecule has 0 radical (unpaired) electrons. The maximum Gasteiger partial charge on any atom is 0.0992 e. The highest BCUT2D eigenvalue weighted by Gasteiger charge is 2.34. The van der Waals surface area contributed by atoms with Gasteiger partial charge in [-0.3, -0.25) is 0 Å². The fourth-order valence-corrected chi connectivity index (χ4v) is 2.81. The molecule has 1 fully saturated rings. The van der Waals surface area contributed by atoms with E-state index in [2.05, 4.69) is 25.2 Å². The third-order valence-electron chi connectivity index (χ3n) is 4.14. The molecule has 1 aliphatic heterocycles. The number of nitrogens with zero attached hydrogens (tertiary/aromatic N) is 1. The van der Waals surface area contributed by atoms with Crippen molar-refractivity contribution in [1.82, 2.24) is 0 Å². The summed E-state index contributed by atoms with van der Waals surface area (Å²) < 4.78 is 5.98. The Hall–Kier alpha value is -1.53. The van der Waals surface area contributed by atoms with Gasteiger partial charge in [0.15, 0.2) is 0 Å². The Morgan fingerprint density at radius 2 is 2.21 bits per heavy atom. The monoisotopic (exact) mass is 258 g/mol. The smallest absolute Gasteiger partial charge is 0.0992 e. The lowest BCUT2D eigenvalue weighted by Crippen LogP contribution is -2.43. The first-order valence-electron chi connectivity index (χ1n) is 7.12. The zero-order chi connectivity index (χ0) is 13.7. The highest BCUT2D eigenvalue weighted by Crippen LogP contribution is 2.32. The van der Waals surface area contributed by atoms with Crippen LogP contribution in [0.5, 0.6) is 0 Å². The summed E-state index contributed by atoms with van der Waals surface area (Å²) in [6.07, 6.45) is 4.18. The summed E-state index contributed by atoms with van der Waals surface area (Å²) in [6.45, 7) is 5.21. The van der Waals surface area contributed by atoms with E-state index in [0.717, 1.165) is 38.0 Å².